The maximum absolute atomic E-state index is 11.4. The number of methoxy groups -OCH3 is 1. The molecule has 0 spiro atoms. The first-order chi connectivity index (χ1) is 7.34. The molecule has 0 saturated heterocycles. The van der Waals surface area contributed by atoms with E-state index >= 15 is 0 Å². The Kier molecular flexibility index (Phi) is 4.13. The van der Waals surface area contributed by atoms with Crippen molar-refractivity contribution in [1.82, 2.24) is 0 Å². The van der Waals surface area contributed by atoms with E-state index in [1.54, 1.807) is 18.2 Å². The average Bonchev–Trinajstić information content (AvgIpc) is 2.19. The van der Waals surface area contributed by atoms with E-state index in [-0.39, 0.29) is 0 Å². The number of nitrogen functional groups attached to an aromatic ring is 1. The second kappa shape index (κ2) is 4.99. The molecule has 3 N–H and O–H groups in total. The van der Waals surface area contributed by atoms with Crippen LogP contribution in [0.1, 0.15) is 0 Å². The predicted molar refractivity (Wildman–Crippen MR) is 66.3 cm³/mol. The second-order valence-corrected chi connectivity index (χ2v) is 5.19. The molecule has 0 aliphatic carbocycles. The molecule has 7 heteroatoms. The minimum absolute atomic E-state index is 0.382. The van der Waals surface area contributed by atoms with Crippen LogP contribution >= 0.6 is 34.8 Å². The Bertz CT molecular complexity index is 404. The Labute approximate surface area is 108 Å². The standard InChI is InChI=1S/C9H9Cl3N2O2/c1-16-7-4-5(13)2-3-6(7)14-8(15)9(10,11)12/h2-4H,13H2,1H3,(H,14,15). The van der Waals surface area contributed by atoms with Crippen LogP contribution < -0.4 is 15.8 Å². The first-order valence-electron chi connectivity index (χ1n) is 4.16. The van der Waals surface area contributed by atoms with Gasteiger partial charge in [-0.05, 0) is 12.1 Å². The van der Waals surface area contributed by atoms with E-state index in [0.29, 0.717) is 17.1 Å². The molecule has 4 nitrogen and oxygen atoms in total. The number of amides is 1. The van der Waals surface area contributed by atoms with Gasteiger partial charge in [0, 0.05) is 11.8 Å². The summed E-state index contributed by atoms with van der Waals surface area (Å²) in [6.45, 7) is 0. The maximum atomic E-state index is 11.4. The van der Waals surface area contributed by atoms with Gasteiger partial charge < -0.3 is 15.8 Å². The van der Waals surface area contributed by atoms with Crippen LogP contribution in [0.4, 0.5) is 11.4 Å². The third-order valence-corrected chi connectivity index (χ3v) is 2.25. The number of halogens is 3. The van der Waals surface area contributed by atoms with Crippen molar-refractivity contribution >= 4 is 52.1 Å². The highest BCUT2D eigenvalue weighted by atomic mass is 35.6. The van der Waals surface area contributed by atoms with Gasteiger partial charge in [-0.25, -0.2) is 0 Å². The van der Waals surface area contributed by atoms with Crippen molar-refractivity contribution in [2.24, 2.45) is 0 Å². The van der Waals surface area contributed by atoms with Crippen LogP contribution in [-0.2, 0) is 4.79 Å². The topological polar surface area (TPSA) is 64.3 Å². The van der Waals surface area contributed by atoms with Crippen LogP contribution in [0.2, 0.25) is 0 Å². The molecule has 1 aromatic rings. The lowest BCUT2D eigenvalue weighted by Gasteiger charge is -2.14. The normalized spacial score (nSPS) is 11.0. The quantitative estimate of drug-likeness (QED) is 0.648. The van der Waals surface area contributed by atoms with Crippen LogP contribution in [0.25, 0.3) is 0 Å². The van der Waals surface area contributed by atoms with E-state index in [1.807, 2.05) is 0 Å². The Morgan fingerprint density at radius 1 is 1.44 bits per heavy atom. The Morgan fingerprint density at radius 2 is 2.06 bits per heavy atom. The van der Waals surface area contributed by atoms with Gasteiger partial charge in [0.2, 0.25) is 0 Å². The van der Waals surface area contributed by atoms with Crippen molar-refractivity contribution in [3.8, 4) is 5.75 Å². The van der Waals surface area contributed by atoms with Gasteiger partial charge in [0.15, 0.2) is 0 Å². The molecular weight excluding hydrogens is 274 g/mol. The highest BCUT2D eigenvalue weighted by molar-refractivity contribution is 6.76. The number of nitrogens with one attached hydrogen (secondary N) is 1. The van der Waals surface area contributed by atoms with Crippen LogP contribution in [0.3, 0.4) is 0 Å². The molecule has 0 aliphatic rings. The van der Waals surface area contributed by atoms with Gasteiger partial charge in [0.25, 0.3) is 9.70 Å². The zero-order valence-corrected chi connectivity index (χ0v) is 10.5. The monoisotopic (exact) mass is 282 g/mol. The Balaban J connectivity index is 2.93. The fourth-order valence-corrected chi connectivity index (χ4v) is 1.15. The van der Waals surface area contributed by atoms with E-state index in [2.05, 4.69) is 5.32 Å². The highest BCUT2D eigenvalue weighted by Gasteiger charge is 2.31. The summed E-state index contributed by atoms with van der Waals surface area (Å²) in [4.78, 5) is 11.4. The molecule has 0 atom stereocenters. The number of nitrogens with two attached hydrogens (primary N) is 1. The van der Waals surface area contributed by atoms with E-state index in [4.69, 9.17) is 45.3 Å². The summed E-state index contributed by atoms with van der Waals surface area (Å²) in [6.07, 6.45) is 0. The largest absolute Gasteiger partial charge is 0.494 e. The number of ether oxygens (including phenoxy) is 1. The van der Waals surface area contributed by atoms with E-state index in [1.165, 1.54) is 7.11 Å². The molecule has 88 valence electrons. The number of hydrogen-bond acceptors (Lipinski definition) is 3. The van der Waals surface area contributed by atoms with Crippen molar-refractivity contribution in [1.29, 1.82) is 0 Å². The van der Waals surface area contributed by atoms with Crippen molar-refractivity contribution in [3.63, 3.8) is 0 Å². The van der Waals surface area contributed by atoms with E-state index in [9.17, 15) is 4.79 Å². The number of benzene rings is 1. The molecule has 16 heavy (non-hydrogen) atoms. The number of carbonyl (C=O) groups excluding carboxylic acids is 1. The average molecular weight is 284 g/mol. The van der Waals surface area contributed by atoms with Gasteiger partial charge >= 0.3 is 0 Å². The molecule has 0 heterocycles. The minimum atomic E-state index is -2.02. The lowest BCUT2D eigenvalue weighted by Crippen LogP contribution is -2.27. The molecule has 0 radical (unpaired) electrons. The number of hydrogen-bond donors (Lipinski definition) is 2. The van der Waals surface area contributed by atoms with Gasteiger partial charge in [-0.1, -0.05) is 34.8 Å². The molecule has 1 rings (SSSR count). The van der Waals surface area contributed by atoms with Crippen LogP contribution in [0.5, 0.6) is 5.75 Å². The fraction of sp³-hybridized carbons (Fsp3) is 0.222. The SMILES string of the molecule is COc1cc(N)ccc1NC(=O)C(Cl)(Cl)Cl. The summed E-state index contributed by atoms with van der Waals surface area (Å²) in [7, 11) is 1.44. The summed E-state index contributed by atoms with van der Waals surface area (Å²) in [6, 6.07) is 4.70. The summed E-state index contributed by atoms with van der Waals surface area (Å²) in [5.41, 5.74) is 6.43. The van der Waals surface area contributed by atoms with Crippen LogP contribution in [-0.4, -0.2) is 16.8 Å². The summed E-state index contributed by atoms with van der Waals surface area (Å²) >= 11 is 16.2. The first kappa shape index (κ1) is 13.2. The number of alkyl halides is 3. The van der Waals surface area contributed by atoms with Crippen molar-refractivity contribution in [2.75, 3.05) is 18.2 Å². The predicted octanol–water partition coefficient (Wildman–Crippen LogP) is 2.59. The molecule has 0 fully saturated rings. The zero-order chi connectivity index (χ0) is 12.3. The van der Waals surface area contributed by atoms with Crippen molar-refractivity contribution in [2.45, 2.75) is 3.79 Å². The van der Waals surface area contributed by atoms with Gasteiger partial charge in [-0.3, -0.25) is 4.79 Å². The molecule has 0 aromatic heterocycles. The molecule has 0 bridgehead atoms. The van der Waals surface area contributed by atoms with E-state index < -0.39 is 9.70 Å². The first-order valence-corrected chi connectivity index (χ1v) is 5.29. The lowest BCUT2D eigenvalue weighted by atomic mass is 10.2. The third-order valence-electron chi connectivity index (χ3n) is 1.73. The zero-order valence-electron chi connectivity index (χ0n) is 8.26. The lowest BCUT2D eigenvalue weighted by molar-refractivity contribution is -0.115. The number of rotatable bonds is 2. The van der Waals surface area contributed by atoms with Crippen molar-refractivity contribution < 1.29 is 9.53 Å². The molecule has 1 aromatic carbocycles. The fourth-order valence-electron chi connectivity index (χ4n) is 1.00. The Hall–Kier alpha value is -0.840. The van der Waals surface area contributed by atoms with E-state index in [0.717, 1.165) is 0 Å². The summed E-state index contributed by atoms with van der Waals surface area (Å²) in [5.74, 6) is -0.372. The van der Waals surface area contributed by atoms with Gasteiger partial charge in [-0.2, -0.15) is 0 Å². The highest BCUT2D eigenvalue weighted by Crippen LogP contribution is 2.31. The molecular formula is C9H9Cl3N2O2. The summed E-state index contributed by atoms with van der Waals surface area (Å²) in [5, 5.41) is 2.41. The summed E-state index contributed by atoms with van der Waals surface area (Å²) < 4.78 is 2.99. The van der Waals surface area contributed by atoms with Crippen LogP contribution in [0, 0.1) is 0 Å². The molecule has 0 unspecified atom stereocenters. The Morgan fingerprint density at radius 3 is 2.56 bits per heavy atom. The smallest absolute Gasteiger partial charge is 0.276 e. The van der Waals surface area contributed by atoms with Gasteiger partial charge in [0.1, 0.15) is 5.75 Å². The van der Waals surface area contributed by atoms with Crippen LogP contribution in [0.15, 0.2) is 18.2 Å². The van der Waals surface area contributed by atoms with Gasteiger partial charge in [0.05, 0.1) is 12.8 Å². The molecule has 0 aliphatic heterocycles. The van der Waals surface area contributed by atoms with Gasteiger partial charge in [-0.15, -0.1) is 0 Å². The number of anilines is 2. The maximum Gasteiger partial charge on any atom is 0.276 e. The molecule has 1 amide bonds. The second-order valence-electron chi connectivity index (χ2n) is 2.91. The third kappa shape index (κ3) is 3.33. The minimum Gasteiger partial charge on any atom is -0.494 e. The molecule has 0 saturated carbocycles. The van der Waals surface area contributed by atoms with Crippen molar-refractivity contribution in [3.05, 3.63) is 18.2 Å². The number of carbonyl (C=O) groups is 1.